The van der Waals surface area contributed by atoms with E-state index in [0.717, 1.165) is 10.4 Å². The Kier molecular flexibility index (Phi) is 5.05. The Bertz CT molecular complexity index is 959. The molecule has 0 radical (unpaired) electrons. The number of nitrogens with zero attached hydrogens (tertiary/aromatic N) is 1. The summed E-state index contributed by atoms with van der Waals surface area (Å²) in [6.45, 7) is 2.76. The summed E-state index contributed by atoms with van der Waals surface area (Å²) in [5, 5.41) is 0. The van der Waals surface area contributed by atoms with E-state index < -0.39 is 0 Å². The molecular weight excluding hydrogens is 372 g/mol. The summed E-state index contributed by atoms with van der Waals surface area (Å²) in [6, 6.07) is 8.90. The Morgan fingerprint density at radius 3 is 2.71 bits per heavy atom. The first-order valence-corrected chi connectivity index (χ1v) is 10.2. The lowest BCUT2D eigenvalue weighted by atomic mass is 9.91. The first-order chi connectivity index (χ1) is 13.6. The number of esters is 1. The molecule has 2 heterocycles. The lowest BCUT2D eigenvalue weighted by molar-refractivity contribution is 0.0531. The van der Waals surface area contributed by atoms with Crippen LogP contribution in [0.15, 0.2) is 54.6 Å². The summed E-state index contributed by atoms with van der Waals surface area (Å²) in [5.74, 6) is -0.244. The normalized spacial score (nSPS) is 20.2. The molecule has 2 unspecified atom stereocenters. The maximum atomic E-state index is 13.2. The van der Waals surface area contributed by atoms with Gasteiger partial charge in [-0.05, 0) is 49.2 Å². The number of benzene rings is 1. The minimum absolute atomic E-state index is 0.00396. The molecule has 0 saturated heterocycles. The highest BCUT2D eigenvalue weighted by molar-refractivity contribution is 7.14. The predicted octanol–water partition coefficient (Wildman–Crippen LogP) is 3.78. The number of nitrogens with two attached hydrogens (primary N) is 1. The van der Waals surface area contributed by atoms with Crippen LogP contribution in [0.25, 0.3) is 0 Å². The summed E-state index contributed by atoms with van der Waals surface area (Å²) < 4.78 is 5.16. The molecule has 2 atom stereocenters. The second kappa shape index (κ2) is 7.64. The van der Waals surface area contributed by atoms with Crippen molar-refractivity contribution < 1.29 is 14.3 Å². The fraction of sp³-hybridized carbons (Fsp3) is 0.273. The van der Waals surface area contributed by atoms with Crippen LogP contribution in [0.2, 0.25) is 0 Å². The highest BCUT2D eigenvalue weighted by atomic mass is 32.1. The molecule has 5 nitrogen and oxygen atoms in total. The van der Waals surface area contributed by atoms with E-state index in [0.29, 0.717) is 35.7 Å². The lowest BCUT2D eigenvalue weighted by Crippen LogP contribution is -2.42. The van der Waals surface area contributed by atoms with Gasteiger partial charge in [0.1, 0.15) is 4.88 Å². The smallest absolute Gasteiger partial charge is 0.348 e. The van der Waals surface area contributed by atoms with Crippen LogP contribution in [-0.2, 0) is 11.2 Å². The van der Waals surface area contributed by atoms with Crippen LogP contribution in [0.1, 0.15) is 43.3 Å². The van der Waals surface area contributed by atoms with Crippen LogP contribution in [0, 0.1) is 0 Å². The monoisotopic (exact) mass is 394 g/mol. The molecule has 28 heavy (non-hydrogen) atoms. The van der Waals surface area contributed by atoms with Crippen LogP contribution in [0.4, 0.5) is 5.69 Å². The first kappa shape index (κ1) is 18.5. The Morgan fingerprint density at radius 2 is 1.96 bits per heavy atom. The van der Waals surface area contributed by atoms with Crippen molar-refractivity contribution in [1.82, 2.24) is 4.90 Å². The van der Waals surface area contributed by atoms with E-state index in [1.54, 1.807) is 24.3 Å². The first-order valence-electron chi connectivity index (χ1n) is 9.39. The molecular formula is C22H22N2O3S. The topological polar surface area (TPSA) is 72.6 Å². The van der Waals surface area contributed by atoms with Gasteiger partial charge in [0.15, 0.2) is 0 Å². The third kappa shape index (κ3) is 3.36. The standard InChI is InChI=1S/C22H22N2O3S/c1-2-27-22(26)19-13-15-11-12-24(21(25)14-7-9-16(23)10-8-14)18-6-4-3-5-17(18)20(15)28-19/h3-10,13,17-18H,2,11-12,23H2,1H3. The van der Waals surface area contributed by atoms with Crippen LogP contribution < -0.4 is 5.73 Å². The molecule has 1 aromatic heterocycles. The zero-order valence-corrected chi connectivity index (χ0v) is 16.4. The van der Waals surface area contributed by atoms with Crippen molar-refractivity contribution in [2.75, 3.05) is 18.9 Å². The molecule has 144 valence electrons. The molecule has 1 amide bonds. The number of carbonyl (C=O) groups is 2. The molecule has 2 N–H and O–H groups in total. The van der Waals surface area contributed by atoms with Crippen LogP contribution in [-0.4, -0.2) is 36.0 Å². The highest BCUT2D eigenvalue weighted by Crippen LogP contribution is 2.40. The van der Waals surface area contributed by atoms with Gasteiger partial charge in [-0.2, -0.15) is 0 Å². The number of hydrogen-bond donors (Lipinski definition) is 1. The SMILES string of the molecule is CCOC(=O)c1cc2c(s1)C1C=CC=CC1N(C(=O)c1ccc(N)cc1)CC2. The molecule has 0 bridgehead atoms. The molecule has 6 heteroatoms. The molecule has 4 rings (SSSR count). The summed E-state index contributed by atoms with van der Waals surface area (Å²) in [6.07, 6.45) is 8.88. The Labute approximate surface area is 168 Å². The van der Waals surface area contributed by atoms with Crippen LogP contribution in [0.5, 0.6) is 0 Å². The Morgan fingerprint density at radius 1 is 1.21 bits per heavy atom. The van der Waals surface area contributed by atoms with Crippen molar-refractivity contribution in [1.29, 1.82) is 0 Å². The van der Waals surface area contributed by atoms with Gasteiger partial charge in [0.25, 0.3) is 5.91 Å². The zero-order valence-electron chi connectivity index (χ0n) is 15.6. The second-order valence-corrected chi connectivity index (χ2v) is 7.96. The fourth-order valence-corrected chi connectivity index (χ4v) is 5.00. The van der Waals surface area contributed by atoms with Crippen molar-refractivity contribution in [3.05, 3.63) is 75.5 Å². The summed E-state index contributed by atoms with van der Waals surface area (Å²) >= 11 is 1.48. The van der Waals surface area contributed by atoms with Gasteiger partial charge in [-0.3, -0.25) is 4.79 Å². The predicted molar refractivity (Wildman–Crippen MR) is 111 cm³/mol. The number of ether oxygens (including phenoxy) is 1. The van der Waals surface area contributed by atoms with Gasteiger partial charge in [0.2, 0.25) is 0 Å². The maximum Gasteiger partial charge on any atom is 0.348 e. The number of amides is 1. The number of rotatable bonds is 3. The van der Waals surface area contributed by atoms with Gasteiger partial charge >= 0.3 is 5.97 Å². The van der Waals surface area contributed by atoms with Crippen molar-refractivity contribution in [2.45, 2.75) is 25.3 Å². The molecule has 1 aliphatic heterocycles. The number of thiophene rings is 1. The van der Waals surface area contributed by atoms with Gasteiger partial charge in [-0.1, -0.05) is 24.3 Å². The van der Waals surface area contributed by atoms with Crippen molar-refractivity contribution >= 4 is 28.9 Å². The van der Waals surface area contributed by atoms with E-state index in [1.165, 1.54) is 11.3 Å². The third-order valence-electron chi connectivity index (χ3n) is 5.13. The van der Waals surface area contributed by atoms with E-state index in [1.807, 2.05) is 30.0 Å². The summed E-state index contributed by atoms with van der Waals surface area (Å²) in [5.41, 5.74) is 8.15. The summed E-state index contributed by atoms with van der Waals surface area (Å²) in [4.78, 5) is 29.1. The van der Waals surface area contributed by atoms with E-state index in [9.17, 15) is 9.59 Å². The average molecular weight is 394 g/mol. The number of carbonyl (C=O) groups excluding carboxylic acids is 2. The number of nitrogen functional groups attached to an aromatic ring is 1. The molecule has 0 fully saturated rings. The Balaban J connectivity index is 1.67. The van der Waals surface area contributed by atoms with Crippen LogP contribution >= 0.6 is 11.3 Å². The van der Waals surface area contributed by atoms with Gasteiger partial charge < -0.3 is 15.4 Å². The molecule has 1 aromatic carbocycles. The number of allylic oxidation sites excluding steroid dienone is 2. The largest absolute Gasteiger partial charge is 0.462 e. The number of hydrogen-bond acceptors (Lipinski definition) is 5. The van der Waals surface area contributed by atoms with Gasteiger partial charge in [-0.25, -0.2) is 4.79 Å². The second-order valence-electron chi connectivity index (χ2n) is 6.88. The average Bonchev–Trinajstić information content (AvgIpc) is 3.07. The van der Waals surface area contributed by atoms with Crippen molar-refractivity contribution in [2.24, 2.45) is 0 Å². The van der Waals surface area contributed by atoms with Gasteiger partial charge in [0, 0.05) is 28.6 Å². The Hall–Kier alpha value is -2.86. The van der Waals surface area contributed by atoms with Crippen LogP contribution in [0.3, 0.4) is 0 Å². The van der Waals surface area contributed by atoms with E-state index >= 15 is 0 Å². The van der Waals surface area contributed by atoms with Crippen molar-refractivity contribution in [3.8, 4) is 0 Å². The number of anilines is 1. The number of fused-ring (bicyclic) bond motifs is 3. The minimum atomic E-state index is -0.276. The molecule has 2 aliphatic rings. The molecule has 2 aromatic rings. The highest BCUT2D eigenvalue weighted by Gasteiger charge is 2.36. The zero-order chi connectivity index (χ0) is 19.7. The maximum absolute atomic E-state index is 13.2. The van der Waals surface area contributed by atoms with Gasteiger partial charge in [-0.15, -0.1) is 11.3 Å². The van der Waals surface area contributed by atoms with Gasteiger partial charge in [0.05, 0.1) is 12.6 Å². The minimum Gasteiger partial charge on any atom is -0.462 e. The molecule has 0 saturated carbocycles. The molecule has 0 spiro atoms. The summed E-state index contributed by atoms with van der Waals surface area (Å²) in [7, 11) is 0. The fourth-order valence-electron chi connectivity index (χ4n) is 3.78. The van der Waals surface area contributed by atoms with E-state index in [2.05, 4.69) is 12.2 Å². The quantitative estimate of drug-likeness (QED) is 0.635. The van der Waals surface area contributed by atoms with Crippen molar-refractivity contribution in [3.63, 3.8) is 0 Å². The lowest BCUT2D eigenvalue weighted by Gasteiger charge is -2.33. The molecule has 1 aliphatic carbocycles. The van der Waals surface area contributed by atoms with E-state index in [-0.39, 0.29) is 23.8 Å². The third-order valence-corrected chi connectivity index (χ3v) is 6.39. The van der Waals surface area contributed by atoms with E-state index in [4.69, 9.17) is 10.5 Å².